The van der Waals surface area contributed by atoms with E-state index in [0.29, 0.717) is 12.5 Å². The Kier molecular flexibility index (Phi) is 5.86. The van der Waals surface area contributed by atoms with E-state index in [1.807, 2.05) is 43.3 Å². The predicted octanol–water partition coefficient (Wildman–Crippen LogP) is 5.45. The maximum atomic E-state index is 6.19. The summed E-state index contributed by atoms with van der Waals surface area (Å²) in [6, 6.07) is 15.8. The predicted molar refractivity (Wildman–Crippen MR) is 114 cm³/mol. The number of hydrogen-bond donors (Lipinski definition) is 1. The summed E-state index contributed by atoms with van der Waals surface area (Å²) in [4.78, 5) is 4.67. The van der Waals surface area contributed by atoms with E-state index in [4.69, 9.17) is 19.6 Å². The van der Waals surface area contributed by atoms with Crippen molar-refractivity contribution in [3.63, 3.8) is 0 Å². The third-order valence-electron chi connectivity index (χ3n) is 5.35. The molecule has 0 radical (unpaired) electrons. The van der Waals surface area contributed by atoms with Gasteiger partial charge in [-0.1, -0.05) is 23.8 Å². The normalized spacial score (nSPS) is 19.2. The standard InChI is InChI=1S/C24H28N2O3/c1-16-6-3-7-18(12-16)24-26-23(17(2)28-24)15-27-20-9-5-11-22(14-20)29-21-10-4-8-19(25)13-21/h3-4,6-8,10,12-13,20,22H,5,9,11,14-15,25H2,1-2H3/t20-,22+/m0/s1. The molecule has 4 rings (SSSR count). The highest BCUT2D eigenvalue weighted by molar-refractivity contribution is 5.54. The summed E-state index contributed by atoms with van der Waals surface area (Å²) in [6.45, 7) is 4.46. The SMILES string of the molecule is Cc1cccc(-c2nc(CO[C@H]3CCC[C@@H](Oc4cccc(N)c4)C3)c(C)o2)c1. The Morgan fingerprint density at radius 1 is 1.07 bits per heavy atom. The number of nitrogens with zero attached hydrogens (tertiary/aromatic N) is 1. The molecule has 0 amide bonds. The van der Waals surface area contributed by atoms with Crippen molar-refractivity contribution in [1.82, 2.24) is 4.98 Å². The van der Waals surface area contributed by atoms with Gasteiger partial charge in [0.2, 0.25) is 5.89 Å². The first-order valence-corrected chi connectivity index (χ1v) is 10.2. The van der Waals surface area contributed by atoms with Crippen LogP contribution in [-0.4, -0.2) is 17.2 Å². The number of nitrogen functional groups attached to an aromatic ring is 1. The number of nitrogens with two attached hydrogens (primary N) is 1. The van der Waals surface area contributed by atoms with Crippen molar-refractivity contribution < 1.29 is 13.9 Å². The third-order valence-corrected chi connectivity index (χ3v) is 5.35. The number of anilines is 1. The van der Waals surface area contributed by atoms with Gasteiger partial charge in [-0.15, -0.1) is 0 Å². The Hall–Kier alpha value is -2.79. The van der Waals surface area contributed by atoms with Gasteiger partial charge in [-0.05, 0) is 57.4 Å². The molecular weight excluding hydrogens is 364 g/mol. The maximum absolute atomic E-state index is 6.19. The van der Waals surface area contributed by atoms with Crippen molar-refractivity contribution in [2.45, 2.75) is 58.3 Å². The Balaban J connectivity index is 1.35. The van der Waals surface area contributed by atoms with Crippen LogP contribution in [0.25, 0.3) is 11.5 Å². The molecule has 2 aromatic carbocycles. The Morgan fingerprint density at radius 2 is 1.90 bits per heavy atom. The van der Waals surface area contributed by atoms with Gasteiger partial charge in [0, 0.05) is 23.7 Å². The van der Waals surface area contributed by atoms with Gasteiger partial charge < -0.3 is 19.6 Å². The highest BCUT2D eigenvalue weighted by atomic mass is 16.5. The molecule has 0 bridgehead atoms. The van der Waals surface area contributed by atoms with Crippen LogP contribution in [0.2, 0.25) is 0 Å². The number of ether oxygens (including phenoxy) is 2. The molecule has 1 aliphatic rings. The molecule has 29 heavy (non-hydrogen) atoms. The largest absolute Gasteiger partial charge is 0.490 e. The van der Waals surface area contributed by atoms with E-state index in [1.165, 1.54) is 5.56 Å². The van der Waals surface area contributed by atoms with Crippen molar-refractivity contribution in [3.8, 4) is 17.2 Å². The molecule has 0 saturated heterocycles. The van der Waals surface area contributed by atoms with E-state index in [-0.39, 0.29) is 12.2 Å². The number of oxazole rings is 1. The molecule has 1 saturated carbocycles. The quantitative estimate of drug-likeness (QED) is 0.565. The van der Waals surface area contributed by atoms with Crippen LogP contribution in [-0.2, 0) is 11.3 Å². The molecule has 0 aliphatic heterocycles. The van der Waals surface area contributed by atoms with Crippen molar-refractivity contribution in [1.29, 1.82) is 0 Å². The molecule has 0 unspecified atom stereocenters. The minimum Gasteiger partial charge on any atom is -0.490 e. The van der Waals surface area contributed by atoms with Crippen LogP contribution < -0.4 is 10.5 Å². The lowest BCUT2D eigenvalue weighted by Gasteiger charge is -2.29. The summed E-state index contributed by atoms with van der Waals surface area (Å²) in [7, 11) is 0. The maximum Gasteiger partial charge on any atom is 0.226 e. The van der Waals surface area contributed by atoms with Crippen molar-refractivity contribution in [2.24, 2.45) is 0 Å². The summed E-state index contributed by atoms with van der Waals surface area (Å²) >= 11 is 0. The van der Waals surface area contributed by atoms with Crippen molar-refractivity contribution in [2.75, 3.05) is 5.73 Å². The van der Waals surface area contributed by atoms with Gasteiger partial charge in [0.25, 0.3) is 0 Å². The molecule has 152 valence electrons. The minimum absolute atomic E-state index is 0.150. The lowest BCUT2D eigenvalue weighted by atomic mass is 9.95. The monoisotopic (exact) mass is 392 g/mol. The van der Waals surface area contributed by atoms with E-state index in [2.05, 4.69) is 24.0 Å². The molecule has 1 aliphatic carbocycles. The van der Waals surface area contributed by atoms with Crippen LogP contribution in [0.15, 0.2) is 52.9 Å². The van der Waals surface area contributed by atoms with Crippen LogP contribution >= 0.6 is 0 Å². The van der Waals surface area contributed by atoms with Crippen LogP contribution in [0, 0.1) is 13.8 Å². The topological polar surface area (TPSA) is 70.5 Å². The van der Waals surface area contributed by atoms with Gasteiger partial charge in [0.15, 0.2) is 0 Å². The van der Waals surface area contributed by atoms with Crippen molar-refractivity contribution >= 4 is 5.69 Å². The first-order valence-electron chi connectivity index (χ1n) is 10.2. The molecular formula is C24H28N2O3. The molecule has 5 heteroatoms. The number of aryl methyl sites for hydroxylation is 2. The van der Waals surface area contributed by atoms with Gasteiger partial charge in [0.05, 0.1) is 12.7 Å². The lowest BCUT2D eigenvalue weighted by Crippen LogP contribution is -2.30. The van der Waals surface area contributed by atoms with E-state index in [9.17, 15) is 0 Å². The average Bonchev–Trinajstić information content (AvgIpc) is 3.07. The summed E-state index contributed by atoms with van der Waals surface area (Å²) in [6.07, 6.45) is 4.35. The summed E-state index contributed by atoms with van der Waals surface area (Å²) < 4.78 is 18.2. The number of benzene rings is 2. The van der Waals surface area contributed by atoms with Gasteiger partial charge in [0.1, 0.15) is 23.3 Å². The molecule has 2 N–H and O–H groups in total. The summed E-state index contributed by atoms with van der Waals surface area (Å²) in [5, 5.41) is 0. The minimum atomic E-state index is 0.150. The highest BCUT2D eigenvalue weighted by Gasteiger charge is 2.25. The molecule has 3 aromatic rings. The fourth-order valence-electron chi connectivity index (χ4n) is 3.80. The molecule has 5 nitrogen and oxygen atoms in total. The van der Waals surface area contributed by atoms with Crippen molar-refractivity contribution in [3.05, 3.63) is 65.5 Å². The molecule has 0 spiro atoms. The Bertz CT molecular complexity index is 966. The molecule has 1 aromatic heterocycles. The Morgan fingerprint density at radius 3 is 2.72 bits per heavy atom. The second-order valence-electron chi connectivity index (χ2n) is 7.80. The Labute approximate surface area is 171 Å². The van der Waals surface area contributed by atoms with Crippen LogP contribution in [0.4, 0.5) is 5.69 Å². The second kappa shape index (κ2) is 8.70. The van der Waals surface area contributed by atoms with E-state index < -0.39 is 0 Å². The van der Waals surface area contributed by atoms with Gasteiger partial charge in [-0.2, -0.15) is 0 Å². The zero-order chi connectivity index (χ0) is 20.2. The fourth-order valence-corrected chi connectivity index (χ4v) is 3.80. The third kappa shape index (κ3) is 4.98. The molecule has 1 fully saturated rings. The van der Waals surface area contributed by atoms with Gasteiger partial charge in [-0.25, -0.2) is 4.98 Å². The smallest absolute Gasteiger partial charge is 0.226 e. The molecule has 1 heterocycles. The highest BCUT2D eigenvalue weighted by Crippen LogP contribution is 2.28. The second-order valence-corrected chi connectivity index (χ2v) is 7.80. The zero-order valence-electron chi connectivity index (χ0n) is 17.1. The van der Waals surface area contributed by atoms with Gasteiger partial charge >= 0.3 is 0 Å². The zero-order valence-corrected chi connectivity index (χ0v) is 17.1. The number of rotatable bonds is 6. The average molecular weight is 392 g/mol. The lowest BCUT2D eigenvalue weighted by molar-refractivity contribution is -0.0176. The van der Waals surface area contributed by atoms with E-state index in [0.717, 1.165) is 54.1 Å². The summed E-state index contributed by atoms with van der Waals surface area (Å²) in [5.74, 6) is 2.28. The number of hydrogen-bond acceptors (Lipinski definition) is 5. The van der Waals surface area contributed by atoms with Gasteiger partial charge in [-0.3, -0.25) is 0 Å². The van der Waals surface area contributed by atoms with E-state index in [1.54, 1.807) is 0 Å². The molecule has 2 atom stereocenters. The van der Waals surface area contributed by atoms with Crippen LogP contribution in [0.5, 0.6) is 5.75 Å². The van der Waals surface area contributed by atoms with E-state index >= 15 is 0 Å². The fraction of sp³-hybridized carbons (Fsp3) is 0.375. The number of aromatic nitrogens is 1. The summed E-state index contributed by atoms with van der Waals surface area (Å²) in [5.41, 5.74) is 9.61. The van der Waals surface area contributed by atoms with Crippen LogP contribution in [0.1, 0.15) is 42.7 Å². The first-order chi connectivity index (χ1) is 14.1. The van der Waals surface area contributed by atoms with Crippen LogP contribution in [0.3, 0.4) is 0 Å². The first kappa shape index (κ1) is 19.5.